The van der Waals surface area contributed by atoms with Gasteiger partial charge in [0.1, 0.15) is 12.2 Å². The van der Waals surface area contributed by atoms with Crippen LogP contribution < -0.4 is 0 Å². The van der Waals surface area contributed by atoms with E-state index in [1.165, 1.54) is 0 Å². The van der Waals surface area contributed by atoms with Crippen LogP contribution in [0.1, 0.15) is 85.9 Å². The SMILES string of the molecule is CC1CCC(OC(=O)c2ccc3cc(C(=O)OC4CCC(C)CC4)ccc3c2)CC1. The van der Waals surface area contributed by atoms with Crippen LogP contribution >= 0.6 is 0 Å². The highest BCUT2D eigenvalue weighted by Gasteiger charge is 2.23. The van der Waals surface area contributed by atoms with Crippen molar-refractivity contribution in [3.8, 4) is 0 Å². The molecule has 0 aromatic heterocycles. The quantitative estimate of drug-likeness (QED) is 0.556. The summed E-state index contributed by atoms with van der Waals surface area (Å²) in [4.78, 5) is 25.1. The number of esters is 2. The largest absolute Gasteiger partial charge is 0.459 e. The Hall–Kier alpha value is -2.36. The summed E-state index contributed by atoms with van der Waals surface area (Å²) >= 11 is 0. The molecule has 0 saturated heterocycles. The van der Waals surface area contributed by atoms with Gasteiger partial charge < -0.3 is 9.47 Å². The summed E-state index contributed by atoms with van der Waals surface area (Å²) in [7, 11) is 0. The lowest BCUT2D eigenvalue weighted by Crippen LogP contribution is -2.23. The highest BCUT2D eigenvalue weighted by atomic mass is 16.5. The molecule has 4 nitrogen and oxygen atoms in total. The number of hydrogen-bond donors (Lipinski definition) is 0. The van der Waals surface area contributed by atoms with Crippen LogP contribution in [0, 0.1) is 11.8 Å². The minimum Gasteiger partial charge on any atom is -0.459 e. The zero-order valence-corrected chi connectivity index (χ0v) is 18.1. The molecule has 0 N–H and O–H groups in total. The van der Waals surface area contributed by atoms with Crippen molar-refractivity contribution in [3.63, 3.8) is 0 Å². The van der Waals surface area contributed by atoms with Gasteiger partial charge in [0.05, 0.1) is 11.1 Å². The molecule has 2 aliphatic carbocycles. The maximum atomic E-state index is 12.6. The molecule has 2 fully saturated rings. The predicted molar refractivity (Wildman–Crippen MR) is 118 cm³/mol. The summed E-state index contributed by atoms with van der Waals surface area (Å²) in [5.41, 5.74) is 1.13. The summed E-state index contributed by atoms with van der Waals surface area (Å²) in [6.07, 6.45) is 8.34. The van der Waals surface area contributed by atoms with E-state index in [2.05, 4.69) is 13.8 Å². The molecule has 0 radical (unpaired) electrons. The molecule has 2 aromatic carbocycles. The van der Waals surface area contributed by atoms with Crippen molar-refractivity contribution in [3.05, 3.63) is 47.5 Å². The first kappa shape index (κ1) is 20.9. The predicted octanol–water partition coefficient (Wildman–Crippen LogP) is 6.31. The fraction of sp³-hybridized carbons (Fsp3) is 0.538. The van der Waals surface area contributed by atoms with Crippen LogP contribution in [0.4, 0.5) is 0 Å². The van der Waals surface area contributed by atoms with E-state index in [1.807, 2.05) is 24.3 Å². The van der Waals surface area contributed by atoms with E-state index in [-0.39, 0.29) is 24.1 Å². The Kier molecular flexibility index (Phi) is 6.40. The minimum absolute atomic E-state index is 0.0318. The summed E-state index contributed by atoms with van der Waals surface area (Å²) < 4.78 is 11.4. The first-order chi connectivity index (χ1) is 14.5. The van der Waals surface area contributed by atoms with E-state index in [4.69, 9.17) is 9.47 Å². The molecule has 0 bridgehead atoms. The van der Waals surface area contributed by atoms with Crippen molar-refractivity contribution in [1.29, 1.82) is 0 Å². The normalized spacial score (nSPS) is 26.9. The van der Waals surface area contributed by atoms with E-state index in [1.54, 1.807) is 12.1 Å². The second-order valence-electron chi connectivity index (χ2n) is 9.35. The van der Waals surface area contributed by atoms with Crippen molar-refractivity contribution in [1.82, 2.24) is 0 Å². The molecule has 0 atom stereocenters. The molecule has 30 heavy (non-hydrogen) atoms. The molecule has 4 heteroatoms. The van der Waals surface area contributed by atoms with Gasteiger partial charge >= 0.3 is 11.9 Å². The Balaban J connectivity index is 1.40. The van der Waals surface area contributed by atoms with Gasteiger partial charge in [0.15, 0.2) is 0 Å². The van der Waals surface area contributed by atoms with E-state index < -0.39 is 0 Å². The molecule has 0 amide bonds. The fourth-order valence-corrected chi connectivity index (χ4v) is 4.63. The lowest BCUT2D eigenvalue weighted by Gasteiger charge is -2.26. The number of ether oxygens (including phenoxy) is 2. The molecular weight excluding hydrogens is 376 g/mol. The summed E-state index contributed by atoms with van der Waals surface area (Å²) in [5.74, 6) is 0.935. The number of hydrogen-bond acceptors (Lipinski definition) is 4. The van der Waals surface area contributed by atoms with Gasteiger partial charge in [-0.05, 0) is 98.2 Å². The second kappa shape index (κ2) is 9.20. The van der Waals surface area contributed by atoms with Gasteiger partial charge in [-0.15, -0.1) is 0 Å². The highest BCUT2D eigenvalue weighted by Crippen LogP contribution is 2.28. The molecule has 0 unspecified atom stereocenters. The van der Waals surface area contributed by atoms with Gasteiger partial charge in [-0.25, -0.2) is 9.59 Å². The van der Waals surface area contributed by atoms with Crippen molar-refractivity contribution < 1.29 is 19.1 Å². The van der Waals surface area contributed by atoms with Crippen molar-refractivity contribution in [2.24, 2.45) is 11.8 Å². The van der Waals surface area contributed by atoms with Gasteiger partial charge in [-0.3, -0.25) is 0 Å². The topological polar surface area (TPSA) is 52.6 Å². The fourth-order valence-electron chi connectivity index (χ4n) is 4.63. The molecule has 160 valence electrons. The van der Waals surface area contributed by atoms with Crippen LogP contribution in [0.2, 0.25) is 0 Å². The second-order valence-corrected chi connectivity index (χ2v) is 9.35. The maximum Gasteiger partial charge on any atom is 0.338 e. The lowest BCUT2D eigenvalue weighted by molar-refractivity contribution is 0.0165. The van der Waals surface area contributed by atoms with E-state index in [0.29, 0.717) is 11.1 Å². The smallest absolute Gasteiger partial charge is 0.338 e. The average molecular weight is 409 g/mol. The molecule has 0 heterocycles. The number of carbonyl (C=O) groups excluding carboxylic acids is 2. The Morgan fingerprint density at radius 3 is 1.37 bits per heavy atom. The lowest BCUT2D eigenvalue weighted by atomic mass is 9.89. The summed E-state index contributed by atoms with van der Waals surface area (Å²) in [6.45, 7) is 4.50. The standard InChI is InChI=1S/C26H32O4/c1-17-3-11-23(12-4-17)29-25(27)21-9-7-20-16-22(10-8-19(20)15-21)26(28)30-24-13-5-18(2)6-14-24/h7-10,15-18,23-24H,3-6,11-14H2,1-2H3. The van der Waals surface area contributed by atoms with Crippen LogP contribution in [-0.2, 0) is 9.47 Å². The van der Waals surface area contributed by atoms with Crippen LogP contribution in [0.25, 0.3) is 10.8 Å². The number of carbonyl (C=O) groups is 2. The Morgan fingerprint density at radius 2 is 1.00 bits per heavy atom. The van der Waals surface area contributed by atoms with Gasteiger partial charge in [0.25, 0.3) is 0 Å². The molecule has 2 saturated carbocycles. The third kappa shape index (κ3) is 5.03. The van der Waals surface area contributed by atoms with Crippen molar-refractivity contribution in [2.75, 3.05) is 0 Å². The third-order valence-corrected chi connectivity index (χ3v) is 6.78. The maximum absolute atomic E-state index is 12.6. The van der Waals surface area contributed by atoms with E-state index >= 15 is 0 Å². The Labute approximate surface area is 178 Å². The third-order valence-electron chi connectivity index (χ3n) is 6.78. The van der Waals surface area contributed by atoms with Gasteiger partial charge in [-0.2, -0.15) is 0 Å². The zero-order valence-electron chi connectivity index (χ0n) is 18.1. The number of fused-ring (bicyclic) bond motifs is 1. The van der Waals surface area contributed by atoms with Crippen LogP contribution in [0.5, 0.6) is 0 Å². The Bertz CT molecular complexity index is 827. The van der Waals surface area contributed by atoms with Crippen LogP contribution in [-0.4, -0.2) is 24.1 Å². The van der Waals surface area contributed by atoms with E-state index in [0.717, 1.165) is 74.0 Å². The first-order valence-corrected chi connectivity index (χ1v) is 11.4. The Morgan fingerprint density at radius 1 is 0.633 bits per heavy atom. The molecule has 0 aliphatic heterocycles. The first-order valence-electron chi connectivity index (χ1n) is 11.4. The van der Waals surface area contributed by atoms with Gasteiger partial charge in [0.2, 0.25) is 0 Å². The molecule has 0 spiro atoms. The molecule has 2 aromatic rings. The number of rotatable bonds is 4. The van der Waals surface area contributed by atoms with Gasteiger partial charge in [0, 0.05) is 0 Å². The minimum atomic E-state index is -0.258. The van der Waals surface area contributed by atoms with Crippen molar-refractivity contribution >= 4 is 22.7 Å². The van der Waals surface area contributed by atoms with Crippen molar-refractivity contribution in [2.45, 2.75) is 77.4 Å². The van der Waals surface area contributed by atoms with Crippen LogP contribution in [0.3, 0.4) is 0 Å². The zero-order chi connectivity index (χ0) is 21.1. The summed E-state index contributed by atoms with van der Waals surface area (Å²) in [5, 5.41) is 1.84. The molecule has 4 rings (SSSR count). The number of benzene rings is 2. The monoisotopic (exact) mass is 408 g/mol. The van der Waals surface area contributed by atoms with Gasteiger partial charge in [-0.1, -0.05) is 26.0 Å². The highest BCUT2D eigenvalue weighted by molar-refractivity contribution is 5.99. The molecular formula is C26H32O4. The summed E-state index contributed by atoms with van der Waals surface area (Å²) in [6, 6.07) is 11.0. The molecule has 2 aliphatic rings. The van der Waals surface area contributed by atoms with Crippen LogP contribution in [0.15, 0.2) is 36.4 Å². The van der Waals surface area contributed by atoms with E-state index in [9.17, 15) is 9.59 Å². The average Bonchev–Trinajstić information content (AvgIpc) is 2.76.